The molecule has 0 radical (unpaired) electrons. The van der Waals surface area contributed by atoms with E-state index in [2.05, 4.69) is 34.1 Å². The highest BCUT2D eigenvalue weighted by molar-refractivity contribution is 5.95. The second-order valence-corrected chi connectivity index (χ2v) is 6.44. The molecule has 2 aromatic carbocycles. The van der Waals surface area contributed by atoms with Crippen LogP contribution in [0.4, 0.5) is 0 Å². The number of piperazine rings is 1. The quantitative estimate of drug-likeness (QED) is 0.739. The normalized spacial score (nSPS) is 15.4. The molecular weight excluding hydrogens is 310 g/mol. The van der Waals surface area contributed by atoms with Crippen molar-refractivity contribution in [2.45, 2.75) is 6.54 Å². The molecule has 0 saturated carbocycles. The maximum absolute atomic E-state index is 12.8. The molecule has 1 aromatic heterocycles. The van der Waals surface area contributed by atoms with Crippen molar-refractivity contribution in [1.29, 1.82) is 0 Å². The van der Waals surface area contributed by atoms with Crippen molar-refractivity contribution in [3.8, 4) is 0 Å². The zero-order valence-electron chi connectivity index (χ0n) is 14.1. The third-order valence-electron chi connectivity index (χ3n) is 4.73. The number of amides is 1. The molecule has 0 bridgehead atoms. The van der Waals surface area contributed by atoms with Crippen LogP contribution in [0.25, 0.3) is 10.9 Å². The molecule has 0 aliphatic carbocycles. The highest BCUT2D eigenvalue weighted by Gasteiger charge is 2.23. The first-order valence-corrected chi connectivity index (χ1v) is 8.71. The minimum Gasteiger partial charge on any atom is -0.335 e. The van der Waals surface area contributed by atoms with Crippen LogP contribution in [0.1, 0.15) is 16.1 Å². The molecule has 1 fully saturated rings. The summed E-state index contributed by atoms with van der Waals surface area (Å²) in [4.78, 5) is 21.6. The van der Waals surface area contributed by atoms with Crippen molar-refractivity contribution in [3.63, 3.8) is 0 Å². The monoisotopic (exact) mass is 331 g/mol. The summed E-state index contributed by atoms with van der Waals surface area (Å²) >= 11 is 0. The predicted molar refractivity (Wildman–Crippen MR) is 99.4 cm³/mol. The van der Waals surface area contributed by atoms with Gasteiger partial charge in [-0.25, -0.2) is 4.98 Å². The van der Waals surface area contributed by atoms with Crippen molar-refractivity contribution in [3.05, 3.63) is 78.0 Å². The topological polar surface area (TPSA) is 36.4 Å². The van der Waals surface area contributed by atoms with Crippen LogP contribution in [0.3, 0.4) is 0 Å². The fourth-order valence-electron chi connectivity index (χ4n) is 3.30. The Balaban J connectivity index is 1.40. The van der Waals surface area contributed by atoms with E-state index in [-0.39, 0.29) is 5.91 Å². The van der Waals surface area contributed by atoms with Crippen molar-refractivity contribution in [1.82, 2.24) is 14.8 Å². The summed E-state index contributed by atoms with van der Waals surface area (Å²) in [5.74, 6) is 0.0325. The van der Waals surface area contributed by atoms with E-state index in [1.807, 2.05) is 47.4 Å². The second kappa shape index (κ2) is 7.03. The smallest absolute Gasteiger partial charge is 0.272 e. The highest BCUT2D eigenvalue weighted by atomic mass is 16.2. The minimum absolute atomic E-state index is 0.0325. The maximum atomic E-state index is 12.8. The summed E-state index contributed by atoms with van der Waals surface area (Å²) in [5, 5.41) is 1.06. The summed E-state index contributed by atoms with van der Waals surface area (Å²) in [7, 11) is 0. The lowest BCUT2D eigenvalue weighted by atomic mass is 10.1. The van der Waals surface area contributed by atoms with Crippen molar-refractivity contribution >= 4 is 16.8 Å². The summed E-state index contributed by atoms with van der Waals surface area (Å²) in [6.45, 7) is 4.24. The lowest BCUT2D eigenvalue weighted by Crippen LogP contribution is -2.48. The van der Waals surface area contributed by atoms with Crippen molar-refractivity contribution in [2.24, 2.45) is 0 Å². The van der Waals surface area contributed by atoms with Gasteiger partial charge in [0.25, 0.3) is 5.91 Å². The first-order chi connectivity index (χ1) is 12.3. The Bertz CT molecular complexity index is 870. The molecule has 4 rings (SSSR count). The first-order valence-electron chi connectivity index (χ1n) is 8.71. The molecule has 3 aromatic rings. The number of rotatable bonds is 3. The molecule has 0 N–H and O–H groups in total. The standard InChI is InChI=1S/C21H21N3O/c25-21(20-11-10-18-8-4-5-9-19(18)22-20)24-14-12-23(13-15-24)16-17-6-2-1-3-7-17/h1-11H,12-16H2. The summed E-state index contributed by atoms with van der Waals surface area (Å²) < 4.78 is 0. The third-order valence-corrected chi connectivity index (χ3v) is 4.73. The van der Waals surface area contributed by atoms with Gasteiger partial charge in [0, 0.05) is 38.1 Å². The van der Waals surface area contributed by atoms with Gasteiger partial charge in [0.2, 0.25) is 0 Å². The number of benzene rings is 2. The molecule has 0 spiro atoms. The molecule has 1 amide bonds. The van der Waals surface area contributed by atoms with Crippen LogP contribution < -0.4 is 0 Å². The minimum atomic E-state index is 0.0325. The number of pyridine rings is 1. The Morgan fingerprint density at radius 2 is 1.56 bits per heavy atom. The summed E-state index contributed by atoms with van der Waals surface area (Å²) in [6.07, 6.45) is 0. The predicted octanol–water partition coefficient (Wildman–Crippen LogP) is 3.19. The first kappa shape index (κ1) is 15.8. The lowest BCUT2D eigenvalue weighted by Gasteiger charge is -2.34. The number of hydrogen-bond acceptors (Lipinski definition) is 3. The lowest BCUT2D eigenvalue weighted by molar-refractivity contribution is 0.0623. The van der Waals surface area contributed by atoms with Gasteiger partial charge in [-0.2, -0.15) is 0 Å². The number of carbonyl (C=O) groups is 1. The number of hydrogen-bond donors (Lipinski definition) is 0. The SMILES string of the molecule is O=C(c1ccc2ccccc2n1)N1CCN(Cc2ccccc2)CC1. The van der Waals surface area contributed by atoms with E-state index < -0.39 is 0 Å². The molecule has 2 heterocycles. The maximum Gasteiger partial charge on any atom is 0.272 e. The van der Waals surface area contributed by atoms with E-state index >= 15 is 0 Å². The summed E-state index contributed by atoms with van der Waals surface area (Å²) in [6, 6.07) is 22.2. The number of carbonyl (C=O) groups excluding carboxylic acids is 1. The molecule has 1 aliphatic heterocycles. The molecule has 25 heavy (non-hydrogen) atoms. The van der Waals surface area contributed by atoms with Crippen LogP contribution in [0, 0.1) is 0 Å². The molecule has 126 valence electrons. The number of aromatic nitrogens is 1. The van der Waals surface area contributed by atoms with E-state index in [1.165, 1.54) is 5.56 Å². The highest BCUT2D eigenvalue weighted by Crippen LogP contribution is 2.15. The Hall–Kier alpha value is -2.72. The molecule has 0 atom stereocenters. The van der Waals surface area contributed by atoms with Crippen LogP contribution in [0.2, 0.25) is 0 Å². The molecule has 1 saturated heterocycles. The van der Waals surface area contributed by atoms with Crippen LogP contribution in [0.5, 0.6) is 0 Å². The van der Waals surface area contributed by atoms with Crippen LogP contribution in [-0.4, -0.2) is 46.9 Å². The number of para-hydroxylation sites is 1. The Morgan fingerprint density at radius 3 is 2.36 bits per heavy atom. The molecule has 4 nitrogen and oxygen atoms in total. The molecular formula is C21H21N3O. The van der Waals surface area contributed by atoms with Gasteiger partial charge in [0.15, 0.2) is 0 Å². The second-order valence-electron chi connectivity index (χ2n) is 6.44. The fraction of sp³-hybridized carbons (Fsp3) is 0.238. The van der Waals surface area contributed by atoms with Crippen molar-refractivity contribution < 1.29 is 4.79 Å². The van der Waals surface area contributed by atoms with Crippen LogP contribution in [-0.2, 0) is 6.54 Å². The molecule has 4 heteroatoms. The molecule has 0 unspecified atom stereocenters. The number of nitrogens with zero attached hydrogens (tertiary/aromatic N) is 3. The van der Waals surface area contributed by atoms with E-state index in [9.17, 15) is 4.79 Å². The van der Waals surface area contributed by atoms with Gasteiger partial charge in [-0.05, 0) is 17.7 Å². The van der Waals surface area contributed by atoms with Gasteiger partial charge in [-0.15, -0.1) is 0 Å². The Labute approximate surface area is 147 Å². The van der Waals surface area contributed by atoms with Gasteiger partial charge in [0.05, 0.1) is 5.52 Å². The van der Waals surface area contributed by atoms with E-state index in [0.29, 0.717) is 5.69 Å². The fourth-order valence-corrected chi connectivity index (χ4v) is 3.30. The van der Waals surface area contributed by atoms with Crippen molar-refractivity contribution in [2.75, 3.05) is 26.2 Å². The van der Waals surface area contributed by atoms with Gasteiger partial charge < -0.3 is 4.90 Å². The zero-order chi connectivity index (χ0) is 17.1. The Morgan fingerprint density at radius 1 is 0.840 bits per heavy atom. The van der Waals surface area contributed by atoms with E-state index in [1.54, 1.807) is 0 Å². The zero-order valence-corrected chi connectivity index (χ0v) is 14.1. The van der Waals surface area contributed by atoms with Crippen LogP contribution >= 0.6 is 0 Å². The molecule has 1 aliphatic rings. The average Bonchev–Trinajstić information content (AvgIpc) is 2.68. The van der Waals surface area contributed by atoms with E-state index in [0.717, 1.165) is 43.6 Å². The summed E-state index contributed by atoms with van der Waals surface area (Å²) in [5.41, 5.74) is 2.73. The average molecular weight is 331 g/mol. The van der Waals surface area contributed by atoms with Crippen LogP contribution in [0.15, 0.2) is 66.7 Å². The largest absolute Gasteiger partial charge is 0.335 e. The van der Waals surface area contributed by atoms with E-state index in [4.69, 9.17) is 0 Å². The number of fused-ring (bicyclic) bond motifs is 1. The van der Waals surface area contributed by atoms with Gasteiger partial charge in [-0.3, -0.25) is 9.69 Å². The third kappa shape index (κ3) is 3.54. The Kier molecular flexibility index (Phi) is 4.44. The van der Waals surface area contributed by atoms with Gasteiger partial charge >= 0.3 is 0 Å². The van der Waals surface area contributed by atoms with Gasteiger partial charge in [0.1, 0.15) is 5.69 Å². The van der Waals surface area contributed by atoms with Gasteiger partial charge in [-0.1, -0.05) is 54.6 Å².